The second-order valence-electron chi connectivity index (χ2n) is 4.75. The SMILES string of the molecule is CCc1nc2cccc(C(=O)O)c2n1C1CCSC1. The Kier molecular flexibility index (Phi) is 3.22. The Hall–Kier alpha value is -1.49. The summed E-state index contributed by atoms with van der Waals surface area (Å²) in [6, 6.07) is 5.72. The molecule has 4 nitrogen and oxygen atoms in total. The fourth-order valence-corrected chi connectivity index (χ4v) is 3.93. The van der Waals surface area contributed by atoms with E-state index in [1.807, 2.05) is 17.8 Å². The summed E-state index contributed by atoms with van der Waals surface area (Å²) in [6.45, 7) is 2.07. The molecule has 0 radical (unpaired) electrons. The molecule has 3 rings (SSSR count). The Morgan fingerprint density at radius 2 is 2.42 bits per heavy atom. The van der Waals surface area contributed by atoms with Gasteiger partial charge in [-0.25, -0.2) is 9.78 Å². The van der Waals surface area contributed by atoms with Crippen LogP contribution in [0.2, 0.25) is 0 Å². The highest BCUT2D eigenvalue weighted by molar-refractivity contribution is 7.99. The predicted molar refractivity (Wildman–Crippen MR) is 77.0 cm³/mol. The van der Waals surface area contributed by atoms with Gasteiger partial charge in [-0.2, -0.15) is 11.8 Å². The zero-order valence-corrected chi connectivity index (χ0v) is 11.6. The van der Waals surface area contributed by atoms with Crippen molar-refractivity contribution in [3.8, 4) is 0 Å². The standard InChI is InChI=1S/C14H16N2O2S/c1-2-12-15-11-5-3-4-10(14(17)18)13(11)16(12)9-6-7-19-8-9/h3-5,9H,2,6-8H2,1H3,(H,17,18). The molecule has 0 saturated carbocycles. The fraction of sp³-hybridized carbons (Fsp3) is 0.429. The lowest BCUT2D eigenvalue weighted by Gasteiger charge is -2.16. The van der Waals surface area contributed by atoms with E-state index in [9.17, 15) is 9.90 Å². The monoisotopic (exact) mass is 276 g/mol. The maximum absolute atomic E-state index is 11.4. The van der Waals surface area contributed by atoms with E-state index in [0.29, 0.717) is 11.6 Å². The van der Waals surface area contributed by atoms with Crippen molar-refractivity contribution in [2.75, 3.05) is 11.5 Å². The molecule has 0 bridgehead atoms. The van der Waals surface area contributed by atoms with E-state index >= 15 is 0 Å². The second kappa shape index (κ2) is 4.89. The first kappa shape index (κ1) is 12.5. The minimum Gasteiger partial charge on any atom is -0.478 e. The van der Waals surface area contributed by atoms with Gasteiger partial charge in [-0.1, -0.05) is 13.0 Å². The van der Waals surface area contributed by atoms with E-state index in [2.05, 4.69) is 16.5 Å². The first-order valence-electron chi connectivity index (χ1n) is 6.53. The zero-order chi connectivity index (χ0) is 13.4. The predicted octanol–water partition coefficient (Wildman–Crippen LogP) is 2.97. The molecular formula is C14H16N2O2S. The number of benzene rings is 1. The third kappa shape index (κ3) is 2.02. The number of para-hydroxylation sites is 1. The summed E-state index contributed by atoms with van der Waals surface area (Å²) in [6.07, 6.45) is 1.92. The lowest BCUT2D eigenvalue weighted by atomic mass is 10.1. The molecule has 1 unspecified atom stereocenters. The van der Waals surface area contributed by atoms with Crippen molar-refractivity contribution in [2.24, 2.45) is 0 Å². The molecule has 1 aromatic carbocycles. The first-order valence-corrected chi connectivity index (χ1v) is 7.68. The lowest BCUT2D eigenvalue weighted by molar-refractivity contribution is 0.0698. The van der Waals surface area contributed by atoms with E-state index in [1.165, 1.54) is 0 Å². The van der Waals surface area contributed by atoms with Crippen LogP contribution in [-0.4, -0.2) is 32.1 Å². The maximum Gasteiger partial charge on any atom is 0.337 e. The summed E-state index contributed by atoms with van der Waals surface area (Å²) in [5, 5.41) is 9.39. The normalized spacial score (nSPS) is 19.1. The zero-order valence-electron chi connectivity index (χ0n) is 10.8. The quantitative estimate of drug-likeness (QED) is 0.936. The van der Waals surface area contributed by atoms with Crippen molar-refractivity contribution in [3.63, 3.8) is 0 Å². The number of thioether (sulfide) groups is 1. The van der Waals surface area contributed by atoms with Crippen LogP contribution in [0.3, 0.4) is 0 Å². The molecule has 1 fully saturated rings. The maximum atomic E-state index is 11.4. The summed E-state index contributed by atoms with van der Waals surface area (Å²) in [4.78, 5) is 16.0. The minimum absolute atomic E-state index is 0.363. The number of imidazole rings is 1. The molecule has 2 heterocycles. The van der Waals surface area contributed by atoms with Crippen LogP contribution >= 0.6 is 11.8 Å². The van der Waals surface area contributed by atoms with Crippen molar-refractivity contribution in [1.82, 2.24) is 9.55 Å². The molecule has 1 N–H and O–H groups in total. The number of aromatic nitrogens is 2. The summed E-state index contributed by atoms with van der Waals surface area (Å²) in [5.74, 6) is 2.31. The van der Waals surface area contributed by atoms with Crippen molar-refractivity contribution in [2.45, 2.75) is 25.8 Å². The molecular weight excluding hydrogens is 260 g/mol. The number of carboxylic acids is 1. The molecule has 1 aliphatic heterocycles. The molecule has 1 aliphatic rings. The Morgan fingerprint density at radius 3 is 3.05 bits per heavy atom. The minimum atomic E-state index is -0.875. The van der Waals surface area contributed by atoms with Crippen LogP contribution in [0.4, 0.5) is 0 Å². The van der Waals surface area contributed by atoms with E-state index in [0.717, 1.165) is 41.2 Å². The number of carboxylic acid groups (broad SMARTS) is 1. The number of aromatic carboxylic acids is 1. The van der Waals surface area contributed by atoms with Crippen molar-refractivity contribution < 1.29 is 9.90 Å². The average Bonchev–Trinajstić information content (AvgIpc) is 3.03. The topological polar surface area (TPSA) is 55.1 Å². The van der Waals surface area contributed by atoms with Crippen molar-refractivity contribution in [3.05, 3.63) is 29.6 Å². The molecule has 5 heteroatoms. The van der Waals surface area contributed by atoms with Crippen molar-refractivity contribution >= 4 is 28.8 Å². The summed E-state index contributed by atoms with van der Waals surface area (Å²) < 4.78 is 2.17. The van der Waals surface area contributed by atoms with Gasteiger partial charge < -0.3 is 9.67 Å². The van der Waals surface area contributed by atoms with Crippen molar-refractivity contribution in [1.29, 1.82) is 0 Å². The summed E-state index contributed by atoms with van der Waals surface area (Å²) in [5.41, 5.74) is 1.95. The Balaban J connectivity index is 2.29. The van der Waals surface area contributed by atoms with Gasteiger partial charge in [0.25, 0.3) is 0 Å². The van der Waals surface area contributed by atoms with E-state index in [-0.39, 0.29) is 0 Å². The Bertz CT molecular complexity index is 630. The van der Waals surface area contributed by atoms with Crippen LogP contribution in [0.1, 0.15) is 35.6 Å². The van der Waals surface area contributed by atoms with Gasteiger partial charge in [-0.3, -0.25) is 0 Å². The number of nitrogens with zero attached hydrogens (tertiary/aromatic N) is 2. The van der Waals surface area contributed by atoms with Gasteiger partial charge in [0.2, 0.25) is 0 Å². The smallest absolute Gasteiger partial charge is 0.337 e. The van der Waals surface area contributed by atoms with Crippen LogP contribution in [0.15, 0.2) is 18.2 Å². The van der Waals surface area contributed by atoms with Crippen LogP contribution in [-0.2, 0) is 6.42 Å². The molecule has 100 valence electrons. The number of rotatable bonds is 3. The second-order valence-corrected chi connectivity index (χ2v) is 5.90. The number of hydrogen-bond donors (Lipinski definition) is 1. The molecule has 0 spiro atoms. The molecule has 1 atom stereocenters. The highest BCUT2D eigenvalue weighted by Gasteiger charge is 2.25. The number of hydrogen-bond acceptors (Lipinski definition) is 3. The third-order valence-corrected chi connectivity index (χ3v) is 4.75. The van der Waals surface area contributed by atoms with E-state index < -0.39 is 5.97 Å². The van der Waals surface area contributed by atoms with Gasteiger partial charge in [-0.05, 0) is 24.3 Å². The molecule has 2 aromatic rings. The van der Waals surface area contributed by atoms with Gasteiger partial charge in [0.1, 0.15) is 5.82 Å². The number of aryl methyl sites for hydroxylation is 1. The van der Waals surface area contributed by atoms with Gasteiger partial charge in [0, 0.05) is 18.2 Å². The van der Waals surface area contributed by atoms with E-state index in [1.54, 1.807) is 12.1 Å². The highest BCUT2D eigenvalue weighted by atomic mass is 32.2. The van der Waals surface area contributed by atoms with Crippen LogP contribution in [0.25, 0.3) is 11.0 Å². The van der Waals surface area contributed by atoms with Gasteiger partial charge in [0.15, 0.2) is 0 Å². The Morgan fingerprint density at radius 1 is 1.58 bits per heavy atom. The number of fused-ring (bicyclic) bond motifs is 1. The average molecular weight is 276 g/mol. The van der Waals surface area contributed by atoms with Crippen LogP contribution in [0.5, 0.6) is 0 Å². The van der Waals surface area contributed by atoms with Gasteiger partial charge in [-0.15, -0.1) is 0 Å². The van der Waals surface area contributed by atoms with Crippen LogP contribution < -0.4 is 0 Å². The van der Waals surface area contributed by atoms with E-state index in [4.69, 9.17) is 0 Å². The summed E-state index contributed by atoms with van der Waals surface area (Å²) >= 11 is 1.93. The Labute approximate surface area is 115 Å². The molecule has 1 aromatic heterocycles. The first-order chi connectivity index (χ1) is 9.22. The lowest BCUT2D eigenvalue weighted by Crippen LogP contribution is -2.13. The number of carbonyl (C=O) groups is 1. The summed E-state index contributed by atoms with van der Waals surface area (Å²) in [7, 11) is 0. The molecule has 0 amide bonds. The molecule has 19 heavy (non-hydrogen) atoms. The van der Waals surface area contributed by atoms with Gasteiger partial charge >= 0.3 is 5.97 Å². The molecule has 0 aliphatic carbocycles. The molecule has 1 saturated heterocycles. The fourth-order valence-electron chi connectivity index (χ4n) is 2.74. The van der Waals surface area contributed by atoms with Crippen LogP contribution in [0, 0.1) is 0 Å². The van der Waals surface area contributed by atoms with Gasteiger partial charge in [0.05, 0.1) is 16.6 Å². The largest absolute Gasteiger partial charge is 0.478 e. The highest BCUT2D eigenvalue weighted by Crippen LogP contribution is 2.33. The third-order valence-electron chi connectivity index (χ3n) is 3.60.